The van der Waals surface area contributed by atoms with E-state index in [1.54, 1.807) is 10.9 Å². The second-order valence-corrected chi connectivity index (χ2v) is 11.0. The van der Waals surface area contributed by atoms with E-state index in [4.69, 9.17) is 26.3 Å². The Hall–Kier alpha value is -3.00. The third-order valence-electron chi connectivity index (χ3n) is 6.43. The minimum Gasteiger partial charge on any atom is -0.373 e. The molecule has 8 heteroatoms. The van der Waals surface area contributed by atoms with Crippen LogP contribution in [0, 0.1) is 0 Å². The molecule has 0 amide bonds. The topological polar surface area (TPSA) is 68.1 Å². The van der Waals surface area contributed by atoms with Crippen molar-refractivity contribution in [1.82, 2.24) is 24.6 Å². The van der Waals surface area contributed by atoms with Crippen molar-refractivity contribution in [1.29, 1.82) is 0 Å². The van der Waals surface area contributed by atoms with Crippen LogP contribution in [0.5, 0.6) is 0 Å². The quantitative estimate of drug-likeness (QED) is 0.353. The summed E-state index contributed by atoms with van der Waals surface area (Å²) in [6, 6.07) is 16.2. The molecule has 2 aromatic heterocycles. The molecule has 7 nitrogen and oxygen atoms in total. The Morgan fingerprint density at radius 2 is 1.69 bits per heavy atom. The predicted molar refractivity (Wildman–Crippen MR) is 145 cm³/mol. The zero-order valence-corrected chi connectivity index (χ0v) is 22.3. The van der Waals surface area contributed by atoms with Gasteiger partial charge in [0.2, 0.25) is 0 Å². The number of aromatic nitrogens is 4. The number of halogens is 1. The molecule has 1 aliphatic heterocycles. The largest absolute Gasteiger partial charge is 0.373 e. The summed E-state index contributed by atoms with van der Waals surface area (Å²) in [6.45, 7) is 13.2. The highest BCUT2D eigenvalue weighted by Crippen LogP contribution is 2.30. The molecule has 1 aliphatic rings. The van der Waals surface area contributed by atoms with E-state index < -0.39 is 0 Å². The summed E-state index contributed by atoms with van der Waals surface area (Å²) in [5.74, 6) is 1.46. The Balaban J connectivity index is 1.55. The SMILES string of the molecule is CC1CN(Cc2nc(Nc3ccc(C(C)(C)C)cc3)c3cnn(-c4ccccc4Cl)c3n2)CC(C)O1. The van der Waals surface area contributed by atoms with Crippen molar-refractivity contribution in [2.24, 2.45) is 0 Å². The summed E-state index contributed by atoms with van der Waals surface area (Å²) in [4.78, 5) is 12.2. The molecule has 0 bridgehead atoms. The Bertz CT molecular complexity index is 1350. The first-order valence-electron chi connectivity index (χ1n) is 12.4. The van der Waals surface area contributed by atoms with Gasteiger partial charge in [-0.3, -0.25) is 4.90 Å². The normalized spacial score (nSPS) is 19.1. The van der Waals surface area contributed by atoms with Gasteiger partial charge >= 0.3 is 0 Å². The molecule has 1 N–H and O–H groups in total. The first kappa shape index (κ1) is 24.7. The number of fused-ring (bicyclic) bond motifs is 1. The van der Waals surface area contributed by atoms with E-state index in [0.29, 0.717) is 11.6 Å². The molecule has 0 radical (unpaired) electrons. The van der Waals surface area contributed by atoms with Crippen LogP contribution in [0.1, 0.15) is 46.0 Å². The fourth-order valence-electron chi connectivity index (χ4n) is 4.72. The van der Waals surface area contributed by atoms with E-state index in [1.165, 1.54) is 5.56 Å². The number of morpholine rings is 1. The third kappa shape index (κ3) is 5.24. The maximum Gasteiger partial charge on any atom is 0.168 e. The average Bonchev–Trinajstić information content (AvgIpc) is 3.22. The Morgan fingerprint density at radius 3 is 2.36 bits per heavy atom. The highest BCUT2D eigenvalue weighted by molar-refractivity contribution is 6.32. The standard InChI is InChI=1S/C28H33ClN6O/c1-18-15-34(16-19(2)36-18)17-25-32-26(31-21-12-10-20(11-13-21)28(3,4)5)22-14-30-35(27(22)33-25)24-9-7-6-8-23(24)29/h6-14,18-19H,15-17H2,1-5H3,(H,31,32,33). The zero-order chi connectivity index (χ0) is 25.4. The van der Waals surface area contributed by atoms with Crippen LogP contribution in [-0.2, 0) is 16.7 Å². The number of hydrogen-bond acceptors (Lipinski definition) is 6. The van der Waals surface area contributed by atoms with Gasteiger partial charge < -0.3 is 10.1 Å². The van der Waals surface area contributed by atoms with Gasteiger partial charge in [-0.25, -0.2) is 14.6 Å². The first-order chi connectivity index (χ1) is 17.2. The van der Waals surface area contributed by atoms with Gasteiger partial charge in [0.05, 0.1) is 41.0 Å². The van der Waals surface area contributed by atoms with E-state index >= 15 is 0 Å². The van der Waals surface area contributed by atoms with Gasteiger partial charge in [0.1, 0.15) is 11.6 Å². The summed E-state index contributed by atoms with van der Waals surface area (Å²) in [5.41, 5.74) is 3.84. The molecule has 36 heavy (non-hydrogen) atoms. The van der Waals surface area contributed by atoms with Crippen molar-refractivity contribution in [2.45, 2.75) is 58.8 Å². The number of nitrogens with zero attached hydrogens (tertiary/aromatic N) is 5. The minimum absolute atomic E-state index is 0.0937. The van der Waals surface area contributed by atoms with E-state index in [9.17, 15) is 0 Å². The van der Waals surface area contributed by atoms with Gasteiger partial charge in [-0.2, -0.15) is 5.10 Å². The van der Waals surface area contributed by atoms with Gasteiger partial charge in [0.15, 0.2) is 5.65 Å². The molecule has 0 spiro atoms. The molecule has 1 saturated heterocycles. The maximum atomic E-state index is 6.52. The lowest BCUT2D eigenvalue weighted by atomic mass is 9.87. The molecule has 1 fully saturated rings. The lowest BCUT2D eigenvalue weighted by molar-refractivity contribution is -0.0710. The number of anilines is 2. The summed E-state index contributed by atoms with van der Waals surface area (Å²) in [7, 11) is 0. The molecular weight excluding hydrogens is 472 g/mol. The fraction of sp³-hybridized carbons (Fsp3) is 0.393. The van der Waals surface area contributed by atoms with Crippen molar-refractivity contribution in [2.75, 3.05) is 18.4 Å². The van der Waals surface area contributed by atoms with Crippen molar-refractivity contribution < 1.29 is 4.74 Å². The average molecular weight is 505 g/mol. The first-order valence-corrected chi connectivity index (χ1v) is 12.8. The van der Waals surface area contributed by atoms with Gasteiger partial charge in [-0.05, 0) is 49.1 Å². The lowest BCUT2D eigenvalue weighted by Crippen LogP contribution is -2.45. The third-order valence-corrected chi connectivity index (χ3v) is 6.75. The Morgan fingerprint density at radius 1 is 1.00 bits per heavy atom. The molecule has 5 rings (SSSR count). The second kappa shape index (κ2) is 9.81. The van der Waals surface area contributed by atoms with E-state index in [2.05, 4.69) is 74.2 Å². The molecular formula is C28H33ClN6O. The Kier molecular flexibility index (Phi) is 6.72. The van der Waals surface area contributed by atoms with E-state index in [1.807, 2.05) is 24.3 Å². The van der Waals surface area contributed by atoms with Crippen molar-refractivity contribution in [3.63, 3.8) is 0 Å². The summed E-state index contributed by atoms with van der Waals surface area (Å²) >= 11 is 6.52. The van der Waals surface area contributed by atoms with Crippen LogP contribution < -0.4 is 5.32 Å². The smallest absolute Gasteiger partial charge is 0.168 e. The Labute approximate surface area is 217 Å². The van der Waals surface area contributed by atoms with Crippen LogP contribution in [-0.4, -0.2) is 49.9 Å². The van der Waals surface area contributed by atoms with E-state index in [0.717, 1.165) is 47.1 Å². The number of para-hydroxylation sites is 1. The monoisotopic (exact) mass is 504 g/mol. The highest BCUT2D eigenvalue weighted by Gasteiger charge is 2.24. The van der Waals surface area contributed by atoms with Crippen LogP contribution >= 0.6 is 11.6 Å². The maximum absolute atomic E-state index is 6.52. The second-order valence-electron chi connectivity index (χ2n) is 10.6. The number of nitrogens with one attached hydrogen (secondary N) is 1. The number of ether oxygens (including phenoxy) is 1. The molecule has 4 aromatic rings. The van der Waals surface area contributed by atoms with Crippen molar-refractivity contribution in [3.8, 4) is 5.69 Å². The van der Waals surface area contributed by atoms with Crippen LogP contribution in [0.4, 0.5) is 11.5 Å². The predicted octanol–water partition coefficient (Wildman–Crippen LogP) is 6.12. The molecule has 0 aliphatic carbocycles. The van der Waals surface area contributed by atoms with Crippen LogP contribution in [0.3, 0.4) is 0 Å². The molecule has 0 saturated carbocycles. The fourth-order valence-corrected chi connectivity index (χ4v) is 4.94. The summed E-state index contributed by atoms with van der Waals surface area (Å²) in [6.07, 6.45) is 2.14. The highest BCUT2D eigenvalue weighted by atomic mass is 35.5. The van der Waals surface area contributed by atoms with Crippen LogP contribution in [0.15, 0.2) is 54.7 Å². The lowest BCUT2D eigenvalue weighted by Gasteiger charge is -2.34. The van der Waals surface area contributed by atoms with E-state index in [-0.39, 0.29) is 17.6 Å². The summed E-state index contributed by atoms with van der Waals surface area (Å²) in [5, 5.41) is 9.61. The minimum atomic E-state index is 0.0937. The van der Waals surface area contributed by atoms with Gasteiger partial charge in [0.25, 0.3) is 0 Å². The summed E-state index contributed by atoms with van der Waals surface area (Å²) < 4.78 is 7.71. The van der Waals surface area contributed by atoms with Gasteiger partial charge in [0, 0.05) is 18.8 Å². The van der Waals surface area contributed by atoms with Gasteiger partial charge in [-0.1, -0.05) is 56.6 Å². The molecule has 2 aromatic carbocycles. The van der Waals surface area contributed by atoms with Crippen molar-refractivity contribution in [3.05, 3.63) is 71.1 Å². The van der Waals surface area contributed by atoms with Gasteiger partial charge in [-0.15, -0.1) is 0 Å². The van der Waals surface area contributed by atoms with Crippen molar-refractivity contribution >= 4 is 34.1 Å². The molecule has 3 heterocycles. The molecule has 2 unspecified atom stereocenters. The van der Waals surface area contributed by atoms with Crippen LogP contribution in [0.2, 0.25) is 5.02 Å². The number of rotatable bonds is 5. The van der Waals surface area contributed by atoms with Crippen LogP contribution in [0.25, 0.3) is 16.7 Å². The number of hydrogen-bond donors (Lipinski definition) is 1. The number of benzene rings is 2. The molecule has 188 valence electrons. The zero-order valence-electron chi connectivity index (χ0n) is 21.5. The molecule has 2 atom stereocenters.